The van der Waals surface area contributed by atoms with Crippen LogP contribution >= 0.6 is 11.3 Å². The van der Waals surface area contributed by atoms with Crippen LogP contribution in [0.4, 0.5) is 5.69 Å². The molecule has 0 bridgehead atoms. The molecular formula is C26H29N3O4S. The van der Waals surface area contributed by atoms with E-state index < -0.39 is 12.0 Å². The fourth-order valence-corrected chi connectivity index (χ4v) is 4.15. The second kappa shape index (κ2) is 11.6. The fourth-order valence-electron chi connectivity index (χ4n) is 3.38. The summed E-state index contributed by atoms with van der Waals surface area (Å²) < 4.78 is 5.38. The minimum absolute atomic E-state index is 0.00856. The number of benzene rings is 2. The number of carbonyl (C=O) groups is 3. The van der Waals surface area contributed by atoms with Crippen LogP contribution in [0.2, 0.25) is 0 Å². The number of nitrogens with one attached hydrogen (secondary N) is 2. The first-order valence-corrected chi connectivity index (χ1v) is 11.9. The molecule has 1 unspecified atom stereocenters. The van der Waals surface area contributed by atoms with Crippen LogP contribution in [-0.4, -0.2) is 22.8 Å². The molecule has 0 radical (unpaired) electrons. The summed E-state index contributed by atoms with van der Waals surface area (Å²) in [7, 11) is 0. The molecule has 0 fully saturated rings. The molecule has 2 aromatic carbocycles. The highest BCUT2D eigenvalue weighted by molar-refractivity contribution is 7.09. The lowest BCUT2D eigenvalue weighted by Gasteiger charge is -2.17. The largest absolute Gasteiger partial charge is 0.459 e. The first-order valence-electron chi connectivity index (χ1n) is 11.0. The zero-order valence-electron chi connectivity index (χ0n) is 19.8. The number of aromatic nitrogens is 1. The van der Waals surface area contributed by atoms with Gasteiger partial charge in [0.2, 0.25) is 11.8 Å². The highest BCUT2D eigenvalue weighted by atomic mass is 32.1. The van der Waals surface area contributed by atoms with Crippen molar-refractivity contribution in [1.29, 1.82) is 0 Å². The molecule has 34 heavy (non-hydrogen) atoms. The van der Waals surface area contributed by atoms with Crippen molar-refractivity contribution < 1.29 is 19.1 Å². The number of carbonyl (C=O) groups excluding carboxylic acids is 3. The van der Waals surface area contributed by atoms with Crippen molar-refractivity contribution in [2.24, 2.45) is 0 Å². The average Bonchev–Trinajstić information content (AvgIpc) is 3.22. The number of hydrogen-bond acceptors (Lipinski definition) is 6. The molecule has 0 saturated heterocycles. The third-order valence-corrected chi connectivity index (χ3v) is 6.08. The molecule has 2 N–H and O–H groups in total. The van der Waals surface area contributed by atoms with Gasteiger partial charge in [0, 0.05) is 18.0 Å². The van der Waals surface area contributed by atoms with E-state index in [0.717, 1.165) is 27.9 Å². The quantitative estimate of drug-likeness (QED) is 0.439. The fraction of sp³-hybridized carbons (Fsp3) is 0.308. The van der Waals surface area contributed by atoms with Crippen LogP contribution in [0.3, 0.4) is 0 Å². The van der Waals surface area contributed by atoms with Crippen LogP contribution in [0.15, 0.2) is 47.8 Å². The maximum atomic E-state index is 12.4. The maximum absolute atomic E-state index is 12.4. The molecule has 178 valence electrons. The van der Waals surface area contributed by atoms with Crippen LogP contribution in [-0.2, 0) is 32.1 Å². The van der Waals surface area contributed by atoms with Crippen molar-refractivity contribution in [1.82, 2.24) is 10.3 Å². The normalized spacial score (nSPS) is 11.5. The number of rotatable bonds is 9. The summed E-state index contributed by atoms with van der Waals surface area (Å²) >= 11 is 1.35. The molecule has 3 aromatic rings. The topological polar surface area (TPSA) is 97.4 Å². The summed E-state index contributed by atoms with van der Waals surface area (Å²) in [6, 6.07) is 13.1. The summed E-state index contributed by atoms with van der Waals surface area (Å²) in [5.74, 6) is -0.814. The number of anilines is 1. The third kappa shape index (κ3) is 7.52. The molecule has 0 aliphatic rings. The minimum atomic E-state index is -0.467. The lowest BCUT2D eigenvalue weighted by atomic mass is 10.0. The highest BCUT2D eigenvalue weighted by Crippen LogP contribution is 2.20. The molecule has 7 nitrogen and oxygen atoms in total. The number of aryl methyl sites for hydroxylation is 3. The van der Waals surface area contributed by atoms with Gasteiger partial charge in [0.25, 0.3) is 0 Å². The van der Waals surface area contributed by atoms with Crippen molar-refractivity contribution in [2.75, 3.05) is 5.32 Å². The molecular weight excluding hydrogens is 450 g/mol. The van der Waals surface area contributed by atoms with Gasteiger partial charge in [0.1, 0.15) is 11.6 Å². The highest BCUT2D eigenvalue weighted by Gasteiger charge is 2.19. The Labute approximate surface area is 203 Å². The monoisotopic (exact) mass is 479 g/mol. The second-order valence-electron chi connectivity index (χ2n) is 8.30. The zero-order chi connectivity index (χ0) is 24.7. The van der Waals surface area contributed by atoms with E-state index in [0.29, 0.717) is 10.7 Å². The van der Waals surface area contributed by atoms with Gasteiger partial charge in [-0.05, 0) is 43.5 Å². The van der Waals surface area contributed by atoms with Gasteiger partial charge >= 0.3 is 5.97 Å². The van der Waals surface area contributed by atoms with Crippen LogP contribution in [0.5, 0.6) is 0 Å². The van der Waals surface area contributed by atoms with E-state index in [9.17, 15) is 14.4 Å². The van der Waals surface area contributed by atoms with Gasteiger partial charge in [-0.25, -0.2) is 4.98 Å². The molecule has 1 aromatic heterocycles. The molecule has 1 heterocycles. The SMILES string of the molecule is CC(=O)NC(CC(=O)OCc1csc(CC(=O)Nc2cc(C)ccc2C)n1)c1ccc(C)cc1. The predicted octanol–water partition coefficient (Wildman–Crippen LogP) is 4.56. The van der Waals surface area contributed by atoms with E-state index in [1.54, 1.807) is 5.38 Å². The Hall–Kier alpha value is -3.52. The van der Waals surface area contributed by atoms with E-state index in [-0.39, 0.29) is 31.3 Å². The van der Waals surface area contributed by atoms with E-state index in [2.05, 4.69) is 15.6 Å². The molecule has 0 aliphatic heterocycles. The summed E-state index contributed by atoms with van der Waals surface area (Å²) in [5, 5.41) is 8.14. The van der Waals surface area contributed by atoms with Crippen LogP contribution in [0.1, 0.15) is 52.3 Å². The van der Waals surface area contributed by atoms with Gasteiger partial charge in [-0.3, -0.25) is 14.4 Å². The van der Waals surface area contributed by atoms with Crippen molar-refractivity contribution in [3.63, 3.8) is 0 Å². The number of nitrogens with zero attached hydrogens (tertiary/aromatic N) is 1. The molecule has 8 heteroatoms. The van der Waals surface area contributed by atoms with Crippen LogP contribution in [0.25, 0.3) is 0 Å². The van der Waals surface area contributed by atoms with E-state index >= 15 is 0 Å². The number of thiazole rings is 1. The predicted molar refractivity (Wildman–Crippen MR) is 133 cm³/mol. The number of esters is 1. The summed E-state index contributed by atoms with van der Waals surface area (Å²) in [4.78, 5) is 40.9. The van der Waals surface area contributed by atoms with Gasteiger partial charge < -0.3 is 15.4 Å². The Morgan fingerprint density at radius 2 is 1.74 bits per heavy atom. The minimum Gasteiger partial charge on any atom is -0.459 e. The standard InChI is InChI=1S/C26H29N3O4S/c1-16-6-9-20(10-7-16)23(27-19(4)30)12-26(32)33-14-21-15-34-25(28-21)13-24(31)29-22-11-17(2)5-8-18(22)3/h5-11,15,23H,12-14H2,1-4H3,(H,27,30)(H,29,31). The van der Waals surface area contributed by atoms with Crippen LogP contribution < -0.4 is 10.6 Å². The smallest absolute Gasteiger partial charge is 0.308 e. The van der Waals surface area contributed by atoms with Gasteiger partial charge in [-0.1, -0.05) is 42.0 Å². The number of ether oxygens (including phenoxy) is 1. The molecule has 3 rings (SSSR count). The molecule has 0 aliphatic carbocycles. The van der Waals surface area contributed by atoms with Crippen molar-refractivity contribution in [2.45, 2.75) is 53.2 Å². The van der Waals surface area contributed by atoms with Gasteiger partial charge in [0.05, 0.1) is 24.6 Å². The molecule has 2 amide bonds. The van der Waals surface area contributed by atoms with Gasteiger partial charge in [0.15, 0.2) is 0 Å². The Kier molecular flexibility index (Phi) is 8.54. The van der Waals surface area contributed by atoms with Crippen molar-refractivity contribution >= 4 is 34.8 Å². The molecule has 0 saturated carbocycles. The summed E-state index contributed by atoms with van der Waals surface area (Å²) in [5.41, 5.74) is 5.37. The van der Waals surface area contributed by atoms with Crippen molar-refractivity contribution in [3.8, 4) is 0 Å². The Morgan fingerprint density at radius 3 is 2.44 bits per heavy atom. The Morgan fingerprint density at radius 1 is 1.03 bits per heavy atom. The molecule has 0 spiro atoms. The first kappa shape index (κ1) is 25.1. The van der Waals surface area contributed by atoms with Crippen LogP contribution in [0, 0.1) is 20.8 Å². The number of amides is 2. The van der Waals surface area contributed by atoms with Gasteiger partial charge in [-0.15, -0.1) is 11.3 Å². The first-order chi connectivity index (χ1) is 16.2. The van der Waals surface area contributed by atoms with Gasteiger partial charge in [-0.2, -0.15) is 0 Å². The summed E-state index contributed by atoms with van der Waals surface area (Å²) in [6.45, 7) is 7.32. The Bertz CT molecular complexity index is 1170. The molecule has 1 atom stereocenters. The third-order valence-electron chi connectivity index (χ3n) is 5.19. The van der Waals surface area contributed by atoms with E-state index in [4.69, 9.17) is 4.74 Å². The summed E-state index contributed by atoms with van der Waals surface area (Å²) in [6.07, 6.45) is 0.155. The number of hydrogen-bond donors (Lipinski definition) is 2. The second-order valence-corrected chi connectivity index (χ2v) is 9.25. The zero-order valence-corrected chi connectivity index (χ0v) is 20.6. The van der Waals surface area contributed by atoms with E-state index in [1.165, 1.54) is 18.3 Å². The average molecular weight is 480 g/mol. The van der Waals surface area contributed by atoms with E-state index in [1.807, 2.05) is 63.2 Å². The lowest BCUT2D eigenvalue weighted by Crippen LogP contribution is -2.28. The Balaban J connectivity index is 1.52. The lowest BCUT2D eigenvalue weighted by molar-refractivity contribution is -0.145. The maximum Gasteiger partial charge on any atom is 0.308 e. The van der Waals surface area contributed by atoms with Crippen molar-refractivity contribution in [3.05, 3.63) is 80.8 Å².